The second-order valence-corrected chi connectivity index (χ2v) is 7.60. The van der Waals surface area contributed by atoms with E-state index in [2.05, 4.69) is 19.2 Å². The highest BCUT2D eigenvalue weighted by atomic mass is 35.5. The van der Waals surface area contributed by atoms with Crippen molar-refractivity contribution >= 4 is 21.6 Å². The Morgan fingerprint density at radius 1 is 1.33 bits per heavy atom. The van der Waals surface area contributed by atoms with Crippen LogP contribution < -0.4 is 5.32 Å². The Labute approximate surface area is 133 Å². The Morgan fingerprint density at radius 3 is 2.52 bits per heavy atom. The fourth-order valence-corrected chi connectivity index (χ4v) is 3.86. The van der Waals surface area contributed by atoms with Crippen LogP contribution in [0.3, 0.4) is 0 Å². The molecule has 0 radical (unpaired) electrons. The van der Waals surface area contributed by atoms with Crippen LogP contribution in [-0.4, -0.2) is 32.9 Å². The number of hydrogen-bond donors (Lipinski definition) is 1. The van der Waals surface area contributed by atoms with Gasteiger partial charge in [-0.25, -0.2) is 8.42 Å². The van der Waals surface area contributed by atoms with Gasteiger partial charge in [-0.15, -0.1) is 0 Å². The first kappa shape index (κ1) is 18.4. The van der Waals surface area contributed by atoms with Crippen molar-refractivity contribution in [2.45, 2.75) is 38.6 Å². The van der Waals surface area contributed by atoms with Crippen LogP contribution in [0.25, 0.3) is 0 Å². The summed E-state index contributed by atoms with van der Waals surface area (Å²) in [5.41, 5.74) is 0.792. The minimum absolute atomic E-state index is 0.308. The van der Waals surface area contributed by atoms with E-state index in [1.165, 1.54) is 4.31 Å². The van der Waals surface area contributed by atoms with Crippen molar-refractivity contribution < 1.29 is 8.42 Å². The molecule has 0 heterocycles. The monoisotopic (exact) mass is 332 g/mol. The van der Waals surface area contributed by atoms with Crippen LogP contribution in [0.1, 0.15) is 32.8 Å². The SMILES string of the molecule is CCC(C)CN(CC)S(=O)(=O)c1ccc(Cl)c(CNC)c1. The molecular weight excluding hydrogens is 308 g/mol. The molecule has 0 fully saturated rings. The summed E-state index contributed by atoms with van der Waals surface area (Å²) in [5.74, 6) is 0.337. The smallest absolute Gasteiger partial charge is 0.243 e. The van der Waals surface area contributed by atoms with Crippen molar-refractivity contribution in [3.63, 3.8) is 0 Å². The lowest BCUT2D eigenvalue weighted by Gasteiger charge is -2.23. The minimum Gasteiger partial charge on any atom is -0.316 e. The zero-order valence-corrected chi connectivity index (χ0v) is 14.8. The van der Waals surface area contributed by atoms with E-state index in [1.807, 2.05) is 6.92 Å². The highest BCUT2D eigenvalue weighted by Gasteiger charge is 2.24. The molecule has 1 aromatic carbocycles. The Morgan fingerprint density at radius 2 is 2.00 bits per heavy atom. The van der Waals surface area contributed by atoms with Gasteiger partial charge in [-0.3, -0.25) is 0 Å². The third-order valence-corrected chi connectivity index (χ3v) is 5.89. The van der Waals surface area contributed by atoms with E-state index in [0.29, 0.717) is 35.5 Å². The fourth-order valence-electron chi connectivity index (χ4n) is 2.06. The van der Waals surface area contributed by atoms with E-state index in [0.717, 1.165) is 12.0 Å². The predicted octanol–water partition coefficient (Wildman–Crippen LogP) is 3.12. The van der Waals surface area contributed by atoms with Crippen molar-refractivity contribution in [2.75, 3.05) is 20.1 Å². The van der Waals surface area contributed by atoms with Gasteiger partial charge in [-0.05, 0) is 36.7 Å². The van der Waals surface area contributed by atoms with Gasteiger partial charge in [0, 0.05) is 24.7 Å². The summed E-state index contributed by atoms with van der Waals surface area (Å²) in [6, 6.07) is 4.89. The normalized spacial score (nSPS) is 13.6. The van der Waals surface area contributed by atoms with Crippen LogP contribution in [-0.2, 0) is 16.6 Å². The van der Waals surface area contributed by atoms with E-state index in [9.17, 15) is 8.42 Å². The molecule has 1 rings (SSSR count). The number of nitrogens with one attached hydrogen (secondary N) is 1. The summed E-state index contributed by atoms with van der Waals surface area (Å²) >= 11 is 6.10. The molecule has 1 unspecified atom stereocenters. The summed E-state index contributed by atoms with van der Waals surface area (Å²) in [5, 5.41) is 3.57. The summed E-state index contributed by atoms with van der Waals surface area (Å²) in [4.78, 5) is 0.308. The molecule has 0 aromatic heterocycles. The summed E-state index contributed by atoms with van der Waals surface area (Å²) < 4.78 is 27.0. The molecular formula is C15H25ClN2O2S. The summed E-state index contributed by atoms with van der Waals surface area (Å²) in [6.07, 6.45) is 0.956. The second kappa shape index (κ2) is 8.13. The Bertz CT molecular complexity index is 561. The number of halogens is 1. The number of nitrogens with zero attached hydrogens (tertiary/aromatic N) is 1. The van der Waals surface area contributed by atoms with Crippen molar-refractivity contribution in [1.82, 2.24) is 9.62 Å². The molecule has 120 valence electrons. The van der Waals surface area contributed by atoms with Crippen molar-refractivity contribution in [3.8, 4) is 0 Å². The van der Waals surface area contributed by atoms with Gasteiger partial charge in [0.05, 0.1) is 4.90 Å². The average molecular weight is 333 g/mol. The van der Waals surface area contributed by atoms with Crippen molar-refractivity contribution in [2.24, 2.45) is 5.92 Å². The minimum atomic E-state index is -3.47. The van der Waals surface area contributed by atoms with Crippen LogP contribution in [0.5, 0.6) is 0 Å². The van der Waals surface area contributed by atoms with E-state index in [4.69, 9.17) is 11.6 Å². The molecule has 0 saturated heterocycles. The highest BCUT2D eigenvalue weighted by Crippen LogP contribution is 2.23. The number of sulfonamides is 1. The van der Waals surface area contributed by atoms with E-state index < -0.39 is 10.0 Å². The van der Waals surface area contributed by atoms with Crippen molar-refractivity contribution in [1.29, 1.82) is 0 Å². The molecule has 0 spiro atoms. The Kier molecular flexibility index (Phi) is 7.13. The van der Waals surface area contributed by atoms with Gasteiger partial charge in [0.15, 0.2) is 0 Å². The van der Waals surface area contributed by atoms with Gasteiger partial charge in [0.25, 0.3) is 0 Å². The van der Waals surface area contributed by atoms with Crippen LogP contribution >= 0.6 is 11.6 Å². The Hall–Kier alpha value is -0.620. The fraction of sp³-hybridized carbons (Fsp3) is 0.600. The molecule has 4 nitrogen and oxygen atoms in total. The van der Waals surface area contributed by atoms with E-state index in [1.54, 1.807) is 25.2 Å². The number of hydrogen-bond acceptors (Lipinski definition) is 3. The first-order chi connectivity index (χ1) is 9.86. The first-order valence-corrected chi connectivity index (χ1v) is 9.11. The molecule has 0 bridgehead atoms. The molecule has 1 N–H and O–H groups in total. The average Bonchev–Trinajstić information content (AvgIpc) is 2.46. The van der Waals surface area contributed by atoms with Gasteiger partial charge < -0.3 is 5.32 Å². The highest BCUT2D eigenvalue weighted by molar-refractivity contribution is 7.89. The molecule has 21 heavy (non-hydrogen) atoms. The number of rotatable bonds is 8. The maximum Gasteiger partial charge on any atom is 0.243 e. The largest absolute Gasteiger partial charge is 0.316 e. The maximum atomic E-state index is 12.7. The Balaban J connectivity index is 3.13. The standard InChI is InChI=1S/C15H25ClN2O2S/c1-5-12(3)11-18(6-2)21(19,20)14-7-8-15(16)13(9-14)10-17-4/h7-9,12,17H,5-6,10-11H2,1-4H3. The molecule has 0 amide bonds. The van der Waals surface area contributed by atoms with Gasteiger partial charge in [0.1, 0.15) is 0 Å². The zero-order valence-electron chi connectivity index (χ0n) is 13.2. The lowest BCUT2D eigenvalue weighted by Crippen LogP contribution is -2.34. The number of benzene rings is 1. The van der Waals surface area contributed by atoms with Crippen LogP contribution in [0.2, 0.25) is 5.02 Å². The predicted molar refractivity (Wildman–Crippen MR) is 88.1 cm³/mol. The van der Waals surface area contributed by atoms with Crippen LogP contribution in [0.4, 0.5) is 0 Å². The van der Waals surface area contributed by atoms with Gasteiger partial charge in [0.2, 0.25) is 10.0 Å². The third-order valence-electron chi connectivity index (χ3n) is 3.59. The van der Waals surface area contributed by atoms with Crippen LogP contribution in [0, 0.1) is 5.92 Å². The second-order valence-electron chi connectivity index (χ2n) is 5.25. The zero-order chi connectivity index (χ0) is 16.0. The molecule has 1 atom stereocenters. The van der Waals surface area contributed by atoms with Crippen molar-refractivity contribution in [3.05, 3.63) is 28.8 Å². The molecule has 0 aliphatic heterocycles. The molecule has 0 aliphatic carbocycles. The van der Waals surface area contributed by atoms with E-state index in [-0.39, 0.29) is 0 Å². The topological polar surface area (TPSA) is 49.4 Å². The summed E-state index contributed by atoms with van der Waals surface area (Å²) in [7, 11) is -1.66. The summed E-state index contributed by atoms with van der Waals surface area (Å²) in [6.45, 7) is 7.55. The lowest BCUT2D eigenvalue weighted by molar-refractivity contribution is 0.361. The quantitative estimate of drug-likeness (QED) is 0.795. The third kappa shape index (κ3) is 4.68. The molecule has 1 aromatic rings. The maximum absolute atomic E-state index is 12.7. The van der Waals surface area contributed by atoms with Gasteiger partial charge >= 0.3 is 0 Å². The van der Waals surface area contributed by atoms with E-state index >= 15 is 0 Å². The van der Waals surface area contributed by atoms with Gasteiger partial charge in [-0.2, -0.15) is 4.31 Å². The first-order valence-electron chi connectivity index (χ1n) is 7.29. The van der Waals surface area contributed by atoms with Gasteiger partial charge in [-0.1, -0.05) is 38.8 Å². The molecule has 0 aliphatic rings. The molecule has 6 heteroatoms. The lowest BCUT2D eigenvalue weighted by atomic mass is 10.1. The van der Waals surface area contributed by atoms with Crippen LogP contribution in [0.15, 0.2) is 23.1 Å². The molecule has 0 saturated carbocycles.